The lowest BCUT2D eigenvalue weighted by Gasteiger charge is -2.03. The first kappa shape index (κ1) is 10.4. The minimum atomic E-state index is -0.394. The molecule has 0 radical (unpaired) electrons. The molecule has 0 rings (SSSR count). The second kappa shape index (κ2) is 6.16. The van der Waals surface area contributed by atoms with Crippen molar-refractivity contribution in [1.29, 1.82) is 0 Å². The molecule has 3 nitrogen and oxygen atoms in total. The van der Waals surface area contributed by atoms with Crippen LogP contribution in [0.3, 0.4) is 0 Å². The Kier molecular flexibility index (Phi) is 5.84. The van der Waals surface area contributed by atoms with Gasteiger partial charge < -0.3 is 10.5 Å². The molecule has 2 N–H and O–H groups in total. The molecule has 66 valence electrons. The van der Waals surface area contributed by atoms with E-state index in [1.807, 2.05) is 0 Å². The molecule has 0 unspecified atom stereocenters. The van der Waals surface area contributed by atoms with Crippen molar-refractivity contribution < 1.29 is 9.53 Å². The van der Waals surface area contributed by atoms with Crippen molar-refractivity contribution in [3.05, 3.63) is 0 Å². The van der Waals surface area contributed by atoms with Crippen LogP contribution in [0.4, 0.5) is 0 Å². The molecule has 0 saturated carbocycles. The van der Waals surface area contributed by atoms with Crippen molar-refractivity contribution in [2.75, 3.05) is 13.2 Å². The van der Waals surface area contributed by atoms with E-state index in [4.69, 9.17) is 10.5 Å². The van der Waals surface area contributed by atoms with Crippen molar-refractivity contribution >= 4 is 5.91 Å². The Morgan fingerprint density at radius 2 is 2.18 bits per heavy atom. The van der Waals surface area contributed by atoms with Crippen LogP contribution >= 0.6 is 0 Å². The van der Waals surface area contributed by atoms with Crippen LogP contribution in [0.5, 0.6) is 0 Å². The van der Waals surface area contributed by atoms with E-state index >= 15 is 0 Å². The largest absolute Gasteiger partial charge is 0.372 e. The number of ether oxygens (including phenoxy) is 1. The number of nitrogens with two attached hydrogens (primary N) is 1. The summed E-state index contributed by atoms with van der Waals surface area (Å²) in [4.78, 5) is 10.2. The first-order chi connectivity index (χ1) is 5.13. The van der Waals surface area contributed by atoms with Gasteiger partial charge in [-0.25, -0.2) is 0 Å². The lowest BCUT2D eigenvalue weighted by Crippen LogP contribution is -2.18. The summed E-state index contributed by atoms with van der Waals surface area (Å²) in [6.07, 6.45) is 2.14. The molecule has 0 aromatic heterocycles. The van der Waals surface area contributed by atoms with Gasteiger partial charge in [0.05, 0.1) is 0 Å². The summed E-state index contributed by atoms with van der Waals surface area (Å²) in [6.45, 7) is 5.02. The molecule has 1 amide bonds. The molecular weight excluding hydrogens is 142 g/mol. The minimum Gasteiger partial charge on any atom is -0.372 e. The standard InChI is InChI=1S/C8H17NO2/c1-7(2)4-3-5-11-6-8(9)10/h7H,3-6H2,1-2H3,(H2,9,10). The molecule has 3 heteroatoms. The maximum atomic E-state index is 10.2. The van der Waals surface area contributed by atoms with Gasteiger partial charge in [0.2, 0.25) is 5.91 Å². The smallest absolute Gasteiger partial charge is 0.243 e. The second-order valence-electron chi connectivity index (χ2n) is 3.05. The SMILES string of the molecule is CC(C)CCCOCC(N)=O. The van der Waals surface area contributed by atoms with Crippen molar-refractivity contribution in [3.63, 3.8) is 0 Å². The molecule has 0 aliphatic rings. The maximum absolute atomic E-state index is 10.2. The molecule has 0 aromatic carbocycles. The van der Waals surface area contributed by atoms with Crippen LogP contribution in [-0.2, 0) is 9.53 Å². The molecule has 0 aliphatic heterocycles. The summed E-state index contributed by atoms with van der Waals surface area (Å²) in [5.74, 6) is 0.307. The Labute approximate surface area is 67.9 Å². The average Bonchev–Trinajstić information content (AvgIpc) is 1.85. The van der Waals surface area contributed by atoms with Gasteiger partial charge in [-0.2, -0.15) is 0 Å². The van der Waals surface area contributed by atoms with Crippen LogP contribution < -0.4 is 5.73 Å². The van der Waals surface area contributed by atoms with Crippen molar-refractivity contribution in [2.24, 2.45) is 11.7 Å². The predicted octanol–water partition coefficient (Wildman–Crippen LogP) is 0.924. The predicted molar refractivity (Wildman–Crippen MR) is 44.1 cm³/mol. The van der Waals surface area contributed by atoms with Crippen LogP contribution in [0.2, 0.25) is 0 Å². The molecule has 0 atom stereocenters. The highest BCUT2D eigenvalue weighted by atomic mass is 16.5. The van der Waals surface area contributed by atoms with Gasteiger partial charge in [-0.3, -0.25) is 4.79 Å². The number of amides is 1. The number of hydrogen-bond donors (Lipinski definition) is 1. The van der Waals surface area contributed by atoms with Crippen LogP contribution in [0.15, 0.2) is 0 Å². The highest BCUT2D eigenvalue weighted by molar-refractivity contribution is 5.74. The highest BCUT2D eigenvalue weighted by Crippen LogP contribution is 2.02. The van der Waals surface area contributed by atoms with Gasteiger partial charge >= 0.3 is 0 Å². The van der Waals surface area contributed by atoms with E-state index in [0.29, 0.717) is 12.5 Å². The monoisotopic (exact) mass is 159 g/mol. The Hall–Kier alpha value is -0.570. The Bertz CT molecular complexity index is 113. The summed E-state index contributed by atoms with van der Waals surface area (Å²) in [5, 5.41) is 0. The normalized spacial score (nSPS) is 10.5. The summed E-state index contributed by atoms with van der Waals surface area (Å²) in [5.41, 5.74) is 4.87. The van der Waals surface area contributed by atoms with E-state index in [1.165, 1.54) is 0 Å². The first-order valence-corrected chi connectivity index (χ1v) is 3.99. The van der Waals surface area contributed by atoms with Crippen molar-refractivity contribution in [2.45, 2.75) is 26.7 Å². The minimum absolute atomic E-state index is 0.0537. The molecule has 0 aliphatic carbocycles. The van der Waals surface area contributed by atoms with Gasteiger partial charge in [0, 0.05) is 6.61 Å². The summed E-state index contributed by atoms with van der Waals surface area (Å²) in [6, 6.07) is 0. The third-order valence-corrected chi connectivity index (χ3v) is 1.31. The molecule has 11 heavy (non-hydrogen) atoms. The third-order valence-electron chi connectivity index (χ3n) is 1.31. The number of rotatable bonds is 6. The fraction of sp³-hybridized carbons (Fsp3) is 0.875. The van der Waals surface area contributed by atoms with Gasteiger partial charge in [-0.1, -0.05) is 13.8 Å². The van der Waals surface area contributed by atoms with E-state index in [9.17, 15) is 4.79 Å². The molecular formula is C8H17NO2. The molecule has 0 aromatic rings. The lowest BCUT2D eigenvalue weighted by molar-refractivity contribution is -0.122. The second-order valence-corrected chi connectivity index (χ2v) is 3.05. The lowest BCUT2D eigenvalue weighted by atomic mass is 10.1. The van der Waals surface area contributed by atoms with Gasteiger partial charge in [-0.15, -0.1) is 0 Å². The fourth-order valence-electron chi connectivity index (χ4n) is 0.766. The Morgan fingerprint density at radius 3 is 2.64 bits per heavy atom. The van der Waals surface area contributed by atoms with E-state index in [1.54, 1.807) is 0 Å². The Morgan fingerprint density at radius 1 is 1.55 bits per heavy atom. The van der Waals surface area contributed by atoms with Crippen molar-refractivity contribution in [1.82, 2.24) is 0 Å². The quantitative estimate of drug-likeness (QED) is 0.586. The van der Waals surface area contributed by atoms with E-state index in [0.717, 1.165) is 12.8 Å². The summed E-state index contributed by atoms with van der Waals surface area (Å²) >= 11 is 0. The number of carbonyl (C=O) groups is 1. The van der Waals surface area contributed by atoms with Crippen LogP contribution in [-0.4, -0.2) is 19.1 Å². The van der Waals surface area contributed by atoms with Crippen LogP contribution in [0.1, 0.15) is 26.7 Å². The van der Waals surface area contributed by atoms with Gasteiger partial charge in [0.25, 0.3) is 0 Å². The van der Waals surface area contributed by atoms with Crippen molar-refractivity contribution in [3.8, 4) is 0 Å². The summed E-state index contributed by atoms with van der Waals surface area (Å²) in [7, 11) is 0. The van der Waals surface area contributed by atoms with E-state index in [2.05, 4.69) is 13.8 Å². The average molecular weight is 159 g/mol. The fourth-order valence-corrected chi connectivity index (χ4v) is 0.766. The zero-order chi connectivity index (χ0) is 8.69. The van der Waals surface area contributed by atoms with E-state index < -0.39 is 5.91 Å². The maximum Gasteiger partial charge on any atom is 0.243 e. The topological polar surface area (TPSA) is 52.3 Å². The Balaban J connectivity index is 2.97. The summed E-state index contributed by atoms with van der Waals surface area (Å²) < 4.78 is 4.97. The zero-order valence-corrected chi connectivity index (χ0v) is 7.30. The zero-order valence-electron chi connectivity index (χ0n) is 7.30. The van der Waals surface area contributed by atoms with Gasteiger partial charge in [0.15, 0.2) is 0 Å². The molecule has 0 heterocycles. The van der Waals surface area contributed by atoms with Crippen LogP contribution in [0, 0.1) is 5.92 Å². The molecule has 0 spiro atoms. The van der Waals surface area contributed by atoms with Gasteiger partial charge in [-0.05, 0) is 18.8 Å². The van der Waals surface area contributed by atoms with E-state index in [-0.39, 0.29) is 6.61 Å². The first-order valence-electron chi connectivity index (χ1n) is 3.99. The number of primary amides is 1. The molecule has 0 bridgehead atoms. The third kappa shape index (κ3) is 9.43. The number of hydrogen-bond acceptors (Lipinski definition) is 2. The van der Waals surface area contributed by atoms with Crippen LogP contribution in [0.25, 0.3) is 0 Å². The molecule has 0 fully saturated rings. The highest BCUT2D eigenvalue weighted by Gasteiger charge is 1.95. The van der Waals surface area contributed by atoms with Gasteiger partial charge in [0.1, 0.15) is 6.61 Å². The molecule has 0 saturated heterocycles. The number of carbonyl (C=O) groups excluding carboxylic acids is 1.